The van der Waals surface area contributed by atoms with Gasteiger partial charge in [-0.25, -0.2) is 26.3 Å². The van der Waals surface area contributed by atoms with Gasteiger partial charge in [0, 0.05) is 18.8 Å². The molecule has 1 heterocycles. The highest BCUT2D eigenvalue weighted by Gasteiger charge is 2.29. The van der Waals surface area contributed by atoms with E-state index in [1.807, 2.05) is 0 Å². The van der Waals surface area contributed by atoms with Crippen molar-refractivity contribution in [3.05, 3.63) is 23.8 Å². The molecule has 8 nitrogen and oxygen atoms in total. The van der Waals surface area contributed by atoms with Gasteiger partial charge in [-0.15, -0.1) is 0 Å². The molecule has 1 aliphatic heterocycles. The first kappa shape index (κ1) is 17.9. The molecule has 2 N–H and O–H groups in total. The summed E-state index contributed by atoms with van der Waals surface area (Å²) in [6, 6.07) is 4.54. The third-order valence-electron chi connectivity index (χ3n) is 3.52. The number of benzene rings is 1. The highest BCUT2D eigenvalue weighted by atomic mass is 32.2. The third-order valence-corrected chi connectivity index (χ3v) is 6.31. The summed E-state index contributed by atoms with van der Waals surface area (Å²) in [7, 11) is -6.08. The van der Waals surface area contributed by atoms with Gasteiger partial charge in [-0.3, -0.25) is 4.79 Å². The fourth-order valence-corrected chi connectivity index (χ4v) is 4.06. The van der Waals surface area contributed by atoms with E-state index in [0.29, 0.717) is 18.7 Å². The van der Waals surface area contributed by atoms with Crippen LogP contribution >= 0.6 is 0 Å². The molecule has 2 rings (SSSR count). The molecule has 0 aromatic heterocycles. The first-order chi connectivity index (χ1) is 10.7. The Morgan fingerprint density at radius 1 is 1.26 bits per heavy atom. The summed E-state index contributed by atoms with van der Waals surface area (Å²) in [6.45, 7) is 2.25. The van der Waals surface area contributed by atoms with Crippen molar-refractivity contribution in [3.8, 4) is 0 Å². The lowest BCUT2D eigenvalue weighted by Crippen LogP contribution is -2.37. The number of fused-ring (bicyclic) bond motifs is 1. The van der Waals surface area contributed by atoms with Gasteiger partial charge in [0.1, 0.15) is 5.75 Å². The summed E-state index contributed by atoms with van der Waals surface area (Å²) in [6.07, 6.45) is 0.558. The largest absolute Gasteiger partial charge is 0.311 e. The van der Waals surface area contributed by atoms with Crippen LogP contribution in [-0.4, -0.2) is 48.6 Å². The summed E-state index contributed by atoms with van der Waals surface area (Å²) in [5.74, 6) is -1.26. The molecule has 1 amide bonds. The molecule has 0 radical (unpaired) electrons. The molecular formula is C13H19N3O5S2. The van der Waals surface area contributed by atoms with E-state index in [-0.39, 0.29) is 11.4 Å². The fraction of sp³-hybridized carbons (Fsp3) is 0.462. The van der Waals surface area contributed by atoms with Crippen molar-refractivity contribution in [2.45, 2.75) is 18.2 Å². The molecule has 23 heavy (non-hydrogen) atoms. The van der Waals surface area contributed by atoms with Crippen molar-refractivity contribution in [2.24, 2.45) is 0 Å². The number of carbonyl (C=O) groups excluding carboxylic acids is 1. The van der Waals surface area contributed by atoms with Crippen molar-refractivity contribution in [3.63, 3.8) is 0 Å². The number of anilines is 1. The topological polar surface area (TPSA) is 113 Å². The monoisotopic (exact) mass is 361 g/mol. The Balaban J connectivity index is 2.34. The van der Waals surface area contributed by atoms with Crippen molar-refractivity contribution in [1.82, 2.24) is 9.44 Å². The lowest BCUT2D eigenvalue weighted by molar-refractivity contribution is -0.116. The molecule has 1 aromatic rings. The highest BCUT2D eigenvalue weighted by Crippen LogP contribution is 2.30. The number of carbonyl (C=O) groups is 1. The molecule has 1 aromatic carbocycles. The van der Waals surface area contributed by atoms with Gasteiger partial charge in [0.15, 0.2) is 0 Å². The predicted molar refractivity (Wildman–Crippen MR) is 86.2 cm³/mol. The van der Waals surface area contributed by atoms with Gasteiger partial charge in [-0.2, -0.15) is 0 Å². The number of nitrogens with one attached hydrogen (secondary N) is 2. The van der Waals surface area contributed by atoms with Gasteiger partial charge < -0.3 is 4.90 Å². The second-order valence-corrected chi connectivity index (χ2v) is 8.74. The van der Waals surface area contributed by atoms with Crippen LogP contribution in [0.25, 0.3) is 0 Å². The maximum atomic E-state index is 12.2. The number of amides is 1. The smallest absolute Gasteiger partial charge is 0.243 e. The van der Waals surface area contributed by atoms with Crippen molar-refractivity contribution >= 4 is 31.6 Å². The number of hydrogen-bond acceptors (Lipinski definition) is 5. The molecule has 1 aliphatic rings. The molecule has 128 valence electrons. The van der Waals surface area contributed by atoms with E-state index in [0.717, 1.165) is 5.56 Å². The predicted octanol–water partition coefficient (Wildman–Crippen LogP) is -0.577. The van der Waals surface area contributed by atoms with Crippen molar-refractivity contribution in [1.29, 1.82) is 0 Å². The minimum absolute atomic E-state index is 0.0503. The first-order valence-corrected chi connectivity index (χ1v) is 10.2. The SMILES string of the molecule is CCNS(=O)(=O)c1ccc2c(c1)N(C(=O)CS(=O)(=O)NC)CC2. The second-order valence-electron chi connectivity index (χ2n) is 5.05. The van der Waals surface area contributed by atoms with Crippen LogP contribution in [0.15, 0.2) is 23.1 Å². The van der Waals surface area contributed by atoms with Crippen LogP contribution in [0, 0.1) is 0 Å². The van der Waals surface area contributed by atoms with Crippen LogP contribution in [0.5, 0.6) is 0 Å². The molecule has 0 saturated heterocycles. The summed E-state index contributed by atoms with van der Waals surface area (Å²) < 4.78 is 51.7. The Hall–Kier alpha value is -1.49. The van der Waals surface area contributed by atoms with E-state index in [9.17, 15) is 21.6 Å². The van der Waals surface area contributed by atoms with Crippen LogP contribution < -0.4 is 14.3 Å². The average Bonchev–Trinajstić information content (AvgIpc) is 2.89. The van der Waals surface area contributed by atoms with Gasteiger partial charge in [0.2, 0.25) is 26.0 Å². The van der Waals surface area contributed by atoms with Crippen molar-refractivity contribution < 1.29 is 21.6 Å². The van der Waals surface area contributed by atoms with E-state index in [2.05, 4.69) is 9.44 Å². The zero-order valence-corrected chi connectivity index (χ0v) is 14.5. The quantitative estimate of drug-likeness (QED) is 0.704. The normalized spacial score (nSPS) is 14.8. The van der Waals surface area contributed by atoms with Gasteiger partial charge in [-0.1, -0.05) is 13.0 Å². The van der Waals surface area contributed by atoms with Gasteiger partial charge in [0.25, 0.3) is 0 Å². The van der Waals surface area contributed by atoms with Crippen LogP contribution in [0.4, 0.5) is 5.69 Å². The summed E-state index contributed by atoms with van der Waals surface area (Å²) in [5, 5.41) is 0. The molecule has 0 aliphatic carbocycles. The number of hydrogen-bond donors (Lipinski definition) is 2. The standard InChI is InChI=1S/C13H19N3O5S2/c1-3-15-23(20,21)11-5-4-10-6-7-16(12(10)8-11)13(17)9-22(18,19)14-2/h4-5,8,14-15H,3,6-7,9H2,1-2H3. The number of nitrogens with zero attached hydrogens (tertiary/aromatic N) is 1. The minimum Gasteiger partial charge on any atom is -0.311 e. The molecule has 0 atom stereocenters. The zero-order valence-electron chi connectivity index (χ0n) is 12.9. The van der Waals surface area contributed by atoms with E-state index in [4.69, 9.17) is 0 Å². The molecular weight excluding hydrogens is 342 g/mol. The Morgan fingerprint density at radius 3 is 2.57 bits per heavy atom. The third kappa shape index (κ3) is 3.89. The number of sulfonamides is 2. The molecule has 0 bridgehead atoms. The lowest BCUT2D eigenvalue weighted by atomic mass is 10.2. The summed E-state index contributed by atoms with van der Waals surface area (Å²) >= 11 is 0. The summed E-state index contributed by atoms with van der Waals surface area (Å²) in [4.78, 5) is 13.6. The van der Waals surface area contributed by atoms with Crippen LogP contribution in [0.3, 0.4) is 0 Å². The van der Waals surface area contributed by atoms with E-state index >= 15 is 0 Å². The van der Waals surface area contributed by atoms with E-state index in [1.54, 1.807) is 13.0 Å². The Morgan fingerprint density at radius 2 is 1.96 bits per heavy atom. The molecule has 10 heteroatoms. The maximum Gasteiger partial charge on any atom is 0.243 e. The Kier molecular flexibility index (Phi) is 5.09. The van der Waals surface area contributed by atoms with E-state index < -0.39 is 31.7 Å². The minimum atomic E-state index is -3.68. The van der Waals surface area contributed by atoms with E-state index in [1.165, 1.54) is 24.1 Å². The fourth-order valence-electron chi connectivity index (χ4n) is 2.37. The highest BCUT2D eigenvalue weighted by molar-refractivity contribution is 7.90. The van der Waals surface area contributed by atoms with Crippen molar-refractivity contribution in [2.75, 3.05) is 30.8 Å². The van der Waals surface area contributed by atoms with Gasteiger partial charge in [-0.05, 0) is 31.2 Å². The van der Waals surface area contributed by atoms with Gasteiger partial charge >= 0.3 is 0 Å². The Labute approximate surface area is 136 Å². The summed E-state index contributed by atoms with van der Waals surface area (Å²) in [5.41, 5.74) is 1.26. The Bertz CT molecular complexity index is 818. The number of rotatable bonds is 6. The molecule has 0 fully saturated rings. The van der Waals surface area contributed by atoms with Crippen LogP contribution in [0.2, 0.25) is 0 Å². The molecule has 0 spiro atoms. The van der Waals surface area contributed by atoms with Crippen LogP contribution in [0.1, 0.15) is 12.5 Å². The molecule has 0 saturated carbocycles. The maximum absolute atomic E-state index is 12.2. The lowest BCUT2D eigenvalue weighted by Gasteiger charge is -2.18. The van der Waals surface area contributed by atoms with Crippen LogP contribution in [-0.2, 0) is 31.3 Å². The van der Waals surface area contributed by atoms with Gasteiger partial charge in [0.05, 0.1) is 4.90 Å². The second kappa shape index (κ2) is 6.56. The zero-order chi connectivity index (χ0) is 17.3. The first-order valence-electron chi connectivity index (χ1n) is 7.04. The average molecular weight is 361 g/mol. The molecule has 0 unspecified atom stereocenters.